The summed E-state index contributed by atoms with van der Waals surface area (Å²) < 4.78 is 10.5. The van der Waals surface area contributed by atoms with Crippen LogP contribution in [-0.4, -0.2) is 22.8 Å². The van der Waals surface area contributed by atoms with Gasteiger partial charge in [-0.05, 0) is 54.5 Å². The zero-order valence-corrected chi connectivity index (χ0v) is 17.9. The van der Waals surface area contributed by atoms with Crippen LogP contribution in [0.1, 0.15) is 27.0 Å². The van der Waals surface area contributed by atoms with Crippen molar-refractivity contribution in [2.24, 2.45) is 4.99 Å². The lowest BCUT2D eigenvalue weighted by Gasteiger charge is -2.04. The van der Waals surface area contributed by atoms with Crippen LogP contribution in [0.2, 0.25) is 5.02 Å². The smallest absolute Gasteiger partial charge is 0.363 e. The molecule has 0 aliphatic carbocycles. The maximum atomic E-state index is 12.3. The first-order valence-electron chi connectivity index (χ1n) is 9.66. The lowest BCUT2D eigenvalue weighted by atomic mass is 10.1. The zero-order chi connectivity index (χ0) is 23.5. The first kappa shape index (κ1) is 21.9. The van der Waals surface area contributed by atoms with Crippen LogP contribution in [0.15, 0.2) is 77.4 Å². The molecule has 164 valence electrons. The Labute approximate surface area is 192 Å². The van der Waals surface area contributed by atoms with E-state index in [0.29, 0.717) is 16.1 Å². The van der Waals surface area contributed by atoms with Gasteiger partial charge < -0.3 is 9.47 Å². The SMILES string of the molecule is Cc1ccc(C2=N/C(=C\c3ccc(OC(=O)c4cccc([N+](=O)[O-])c4)cc3)C(=O)O2)cc1Cl. The monoisotopic (exact) mass is 462 g/mol. The summed E-state index contributed by atoms with van der Waals surface area (Å²) in [7, 11) is 0. The number of cyclic esters (lactones) is 1. The number of nitrogens with zero attached hydrogens (tertiary/aromatic N) is 2. The van der Waals surface area contributed by atoms with Gasteiger partial charge in [-0.25, -0.2) is 14.6 Å². The molecular formula is C24H15ClN2O6. The van der Waals surface area contributed by atoms with Crippen LogP contribution >= 0.6 is 11.6 Å². The summed E-state index contributed by atoms with van der Waals surface area (Å²) in [6, 6.07) is 16.8. The minimum atomic E-state index is -0.727. The molecular weight excluding hydrogens is 448 g/mol. The lowest BCUT2D eigenvalue weighted by Crippen LogP contribution is -2.08. The average Bonchev–Trinajstić information content (AvgIpc) is 3.17. The standard InChI is InChI=1S/C24H15ClN2O6/c1-14-5-8-16(13-20(14)25)22-26-21(24(29)33-22)11-15-6-9-19(10-7-15)32-23(28)17-3-2-4-18(12-17)27(30)31/h2-13H,1H3/b21-11-. The normalized spacial score (nSPS) is 14.1. The van der Waals surface area contributed by atoms with Crippen LogP contribution < -0.4 is 4.74 Å². The molecule has 0 amide bonds. The molecule has 1 aliphatic heterocycles. The van der Waals surface area contributed by atoms with Crippen molar-refractivity contribution in [1.29, 1.82) is 0 Å². The van der Waals surface area contributed by atoms with Crippen molar-refractivity contribution in [2.75, 3.05) is 0 Å². The number of hydrogen-bond acceptors (Lipinski definition) is 7. The number of aryl methyl sites for hydroxylation is 1. The van der Waals surface area contributed by atoms with Crippen molar-refractivity contribution in [3.63, 3.8) is 0 Å². The number of carbonyl (C=O) groups is 2. The maximum absolute atomic E-state index is 12.3. The molecule has 3 aromatic rings. The Bertz CT molecular complexity index is 1350. The molecule has 1 aliphatic rings. The summed E-state index contributed by atoms with van der Waals surface area (Å²) >= 11 is 6.13. The Morgan fingerprint density at radius 1 is 1.12 bits per heavy atom. The molecule has 9 heteroatoms. The van der Waals surface area contributed by atoms with Crippen LogP contribution in [-0.2, 0) is 9.53 Å². The molecule has 0 radical (unpaired) electrons. The largest absolute Gasteiger partial charge is 0.423 e. The highest BCUT2D eigenvalue weighted by Crippen LogP contribution is 2.24. The molecule has 0 unspecified atom stereocenters. The highest BCUT2D eigenvalue weighted by molar-refractivity contribution is 6.31. The Balaban J connectivity index is 1.49. The number of esters is 2. The summed E-state index contributed by atoms with van der Waals surface area (Å²) in [5, 5.41) is 11.4. The molecule has 1 heterocycles. The second-order valence-electron chi connectivity index (χ2n) is 7.07. The van der Waals surface area contributed by atoms with Crippen LogP contribution in [0.4, 0.5) is 5.69 Å². The van der Waals surface area contributed by atoms with Gasteiger partial charge in [-0.2, -0.15) is 0 Å². The van der Waals surface area contributed by atoms with Crippen molar-refractivity contribution in [1.82, 2.24) is 0 Å². The quantitative estimate of drug-likeness (QED) is 0.171. The van der Waals surface area contributed by atoms with Crippen LogP contribution in [0.5, 0.6) is 5.75 Å². The number of benzene rings is 3. The number of rotatable bonds is 5. The number of nitro benzene ring substituents is 1. The van der Waals surface area contributed by atoms with Gasteiger partial charge in [0.15, 0.2) is 5.70 Å². The third kappa shape index (κ3) is 4.97. The second kappa shape index (κ2) is 9.05. The lowest BCUT2D eigenvalue weighted by molar-refractivity contribution is -0.384. The van der Waals surface area contributed by atoms with Crippen LogP contribution in [0.25, 0.3) is 6.08 Å². The fraction of sp³-hybridized carbons (Fsp3) is 0.0417. The third-order valence-corrected chi connectivity index (χ3v) is 5.13. The van der Waals surface area contributed by atoms with Gasteiger partial charge >= 0.3 is 11.9 Å². The van der Waals surface area contributed by atoms with E-state index in [1.165, 1.54) is 36.4 Å². The summed E-state index contributed by atoms with van der Waals surface area (Å²) in [4.78, 5) is 39.0. The Kier molecular flexibility index (Phi) is 6.01. The molecule has 0 spiro atoms. The summed E-state index contributed by atoms with van der Waals surface area (Å²) in [6.07, 6.45) is 1.54. The van der Waals surface area contributed by atoms with Crippen LogP contribution in [0.3, 0.4) is 0 Å². The predicted molar refractivity (Wildman–Crippen MR) is 121 cm³/mol. The molecule has 4 rings (SSSR count). The molecule has 3 aromatic carbocycles. The van der Waals surface area contributed by atoms with E-state index in [4.69, 9.17) is 21.1 Å². The number of non-ortho nitro benzene ring substituents is 1. The van der Waals surface area contributed by atoms with Gasteiger partial charge in [0.05, 0.1) is 10.5 Å². The average molecular weight is 463 g/mol. The van der Waals surface area contributed by atoms with Crippen molar-refractivity contribution in [3.8, 4) is 5.75 Å². The second-order valence-corrected chi connectivity index (χ2v) is 7.47. The van der Waals surface area contributed by atoms with Gasteiger partial charge in [0, 0.05) is 22.7 Å². The number of halogens is 1. The van der Waals surface area contributed by atoms with Crippen molar-refractivity contribution in [3.05, 3.63) is 110 Å². The fourth-order valence-corrected chi connectivity index (χ4v) is 3.14. The predicted octanol–water partition coefficient (Wildman–Crippen LogP) is 5.12. The van der Waals surface area contributed by atoms with E-state index in [0.717, 1.165) is 11.6 Å². The number of hydrogen-bond donors (Lipinski definition) is 0. The number of ether oxygens (including phenoxy) is 2. The Morgan fingerprint density at radius 2 is 1.88 bits per heavy atom. The minimum Gasteiger partial charge on any atom is -0.423 e. The highest BCUT2D eigenvalue weighted by atomic mass is 35.5. The van der Waals surface area contributed by atoms with E-state index in [2.05, 4.69) is 4.99 Å². The minimum absolute atomic E-state index is 0.0576. The van der Waals surface area contributed by atoms with E-state index in [-0.39, 0.29) is 28.6 Å². The van der Waals surface area contributed by atoms with Gasteiger partial charge in [0.2, 0.25) is 5.90 Å². The molecule has 33 heavy (non-hydrogen) atoms. The van der Waals surface area contributed by atoms with Crippen molar-refractivity contribution < 1.29 is 24.0 Å². The first-order chi connectivity index (χ1) is 15.8. The van der Waals surface area contributed by atoms with E-state index >= 15 is 0 Å². The molecule has 0 N–H and O–H groups in total. The Morgan fingerprint density at radius 3 is 2.58 bits per heavy atom. The van der Waals surface area contributed by atoms with Crippen molar-refractivity contribution in [2.45, 2.75) is 6.92 Å². The van der Waals surface area contributed by atoms with Gasteiger partial charge in [0.1, 0.15) is 5.75 Å². The van der Waals surface area contributed by atoms with Crippen molar-refractivity contribution >= 4 is 41.2 Å². The molecule has 8 nitrogen and oxygen atoms in total. The van der Waals surface area contributed by atoms with Gasteiger partial charge in [0.25, 0.3) is 5.69 Å². The Hall–Kier alpha value is -4.30. The number of carbonyl (C=O) groups excluding carboxylic acids is 2. The van der Waals surface area contributed by atoms with Gasteiger partial charge in [-0.1, -0.05) is 35.9 Å². The van der Waals surface area contributed by atoms with E-state index in [9.17, 15) is 19.7 Å². The highest BCUT2D eigenvalue weighted by Gasteiger charge is 2.24. The zero-order valence-electron chi connectivity index (χ0n) is 17.2. The van der Waals surface area contributed by atoms with E-state index < -0.39 is 16.9 Å². The molecule has 0 saturated carbocycles. The number of nitro groups is 1. The summed E-state index contributed by atoms with van der Waals surface area (Å²) in [5.74, 6) is -0.921. The molecule has 0 saturated heterocycles. The van der Waals surface area contributed by atoms with E-state index in [1.54, 1.807) is 24.3 Å². The molecule has 0 bridgehead atoms. The third-order valence-electron chi connectivity index (χ3n) is 4.73. The molecule has 0 atom stereocenters. The number of aliphatic imine (C=N–C) groups is 1. The van der Waals surface area contributed by atoms with Crippen LogP contribution in [0, 0.1) is 17.0 Å². The molecule has 0 fully saturated rings. The van der Waals surface area contributed by atoms with Gasteiger partial charge in [-0.15, -0.1) is 0 Å². The fourth-order valence-electron chi connectivity index (χ4n) is 2.96. The topological polar surface area (TPSA) is 108 Å². The maximum Gasteiger partial charge on any atom is 0.363 e. The summed E-state index contributed by atoms with van der Waals surface area (Å²) in [5.41, 5.74) is 2.08. The molecule has 0 aromatic heterocycles. The first-order valence-corrected chi connectivity index (χ1v) is 10.0. The summed E-state index contributed by atoms with van der Waals surface area (Å²) in [6.45, 7) is 1.87. The van der Waals surface area contributed by atoms with E-state index in [1.807, 2.05) is 13.0 Å². The van der Waals surface area contributed by atoms with Gasteiger partial charge in [-0.3, -0.25) is 10.1 Å².